The number of allylic oxidation sites excluding steroid dienone is 6. The molecule has 0 amide bonds. The Hall–Kier alpha value is -0.920. The second-order valence-corrected chi connectivity index (χ2v) is 3.93. The Kier molecular flexibility index (Phi) is 4.73. The molecule has 0 atom stereocenters. The standard InChI is InChI=1S/C13H18F2/c1-3-13(15)12-8-6-4-5-7-11(12)9-10(2)14/h3,9H,4-8H2,1-2H3/b10-9+,13-3-. The lowest BCUT2D eigenvalue weighted by Crippen LogP contribution is -1.90. The molecule has 0 aromatic heterocycles. The van der Waals surface area contributed by atoms with Gasteiger partial charge in [0.2, 0.25) is 0 Å². The molecular weight excluding hydrogens is 194 g/mol. The van der Waals surface area contributed by atoms with E-state index >= 15 is 0 Å². The normalized spacial score (nSPS) is 20.5. The van der Waals surface area contributed by atoms with Gasteiger partial charge in [-0.05, 0) is 56.8 Å². The fourth-order valence-corrected chi connectivity index (χ4v) is 1.95. The van der Waals surface area contributed by atoms with Crippen LogP contribution in [0.3, 0.4) is 0 Å². The molecule has 2 heteroatoms. The van der Waals surface area contributed by atoms with Crippen LogP contribution in [0.2, 0.25) is 0 Å². The maximum absolute atomic E-state index is 13.6. The molecule has 0 aromatic carbocycles. The average molecular weight is 212 g/mol. The van der Waals surface area contributed by atoms with E-state index in [0.29, 0.717) is 5.57 Å². The molecule has 0 spiro atoms. The van der Waals surface area contributed by atoms with Crippen LogP contribution >= 0.6 is 0 Å². The lowest BCUT2D eigenvalue weighted by atomic mass is 10.0. The van der Waals surface area contributed by atoms with Crippen LogP contribution in [0.15, 0.2) is 35.0 Å². The minimum absolute atomic E-state index is 0.190. The van der Waals surface area contributed by atoms with Gasteiger partial charge in [-0.25, -0.2) is 8.78 Å². The summed E-state index contributed by atoms with van der Waals surface area (Å²) in [7, 11) is 0. The van der Waals surface area contributed by atoms with Crippen LogP contribution in [0.1, 0.15) is 46.0 Å². The number of hydrogen-bond acceptors (Lipinski definition) is 0. The van der Waals surface area contributed by atoms with Gasteiger partial charge in [-0.3, -0.25) is 0 Å². The second-order valence-electron chi connectivity index (χ2n) is 3.93. The van der Waals surface area contributed by atoms with Crippen LogP contribution in [0.5, 0.6) is 0 Å². The van der Waals surface area contributed by atoms with Crippen molar-refractivity contribution in [2.24, 2.45) is 0 Å². The minimum Gasteiger partial charge on any atom is -0.212 e. The molecule has 0 nitrogen and oxygen atoms in total. The van der Waals surface area contributed by atoms with Gasteiger partial charge in [0.25, 0.3) is 0 Å². The molecule has 0 fully saturated rings. The minimum atomic E-state index is -0.242. The summed E-state index contributed by atoms with van der Waals surface area (Å²) in [6, 6.07) is 0. The third-order valence-electron chi connectivity index (χ3n) is 2.68. The van der Waals surface area contributed by atoms with E-state index in [2.05, 4.69) is 0 Å². The predicted octanol–water partition coefficient (Wildman–Crippen LogP) is 4.99. The van der Waals surface area contributed by atoms with E-state index in [0.717, 1.165) is 37.7 Å². The largest absolute Gasteiger partial charge is 0.212 e. The molecule has 0 aliphatic heterocycles. The van der Waals surface area contributed by atoms with E-state index in [9.17, 15) is 8.78 Å². The molecule has 0 N–H and O–H groups in total. The van der Waals surface area contributed by atoms with Crippen molar-refractivity contribution >= 4 is 0 Å². The number of rotatable bonds is 2. The van der Waals surface area contributed by atoms with Crippen molar-refractivity contribution in [1.29, 1.82) is 0 Å². The Bertz CT molecular complexity index is 304. The fourth-order valence-electron chi connectivity index (χ4n) is 1.95. The van der Waals surface area contributed by atoms with Gasteiger partial charge in [0.1, 0.15) is 5.83 Å². The third kappa shape index (κ3) is 3.61. The molecule has 84 valence electrons. The lowest BCUT2D eigenvalue weighted by Gasteiger charge is -2.07. The first-order valence-electron chi connectivity index (χ1n) is 5.53. The maximum Gasteiger partial charge on any atom is 0.122 e. The van der Waals surface area contributed by atoms with E-state index in [4.69, 9.17) is 0 Å². The summed E-state index contributed by atoms with van der Waals surface area (Å²) >= 11 is 0. The number of hydrogen-bond donors (Lipinski definition) is 0. The third-order valence-corrected chi connectivity index (χ3v) is 2.68. The van der Waals surface area contributed by atoms with E-state index in [1.807, 2.05) is 0 Å². The Morgan fingerprint density at radius 3 is 2.40 bits per heavy atom. The molecule has 1 aliphatic carbocycles. The molecule has 15 heavy (non-hydrogen) atoms. The predicted molar refractivity (Wildman–Crippen MR) is 59.8 cm³/mol. The molecular formula is C13H18F2. The Morgan fingerprint density at radius 1 is 1.13 bits per heavy atom. The molecule has 0 radical (unpaired) electrons. The van der Waals surface area contributed by atoms with Gasteiger partial charge in [0.15, 0.2) is 0 Å². The first kappa shape index (κ1) is 12.2. The monoisotopic (exact) mass is 212 g/mol. The van der Waals surface area contributed by atoms with Gasteiger partial charge in [0.05, 0.1) is 5.83 Å². The van der Waals surface area contributed by atoms with Crippen LogP contribution in [0.4, 0.5) is 8.78 Å². The van der Waals surface area contributed by atoms with Crippen LogP contribution < -0.4 is 0 Å². The van der Waals surface area contributed by atoms with Crippen molar-refractivity contribution in [3.63, 3.8) is 0 Å². The van der Waals surface area contributed by atoms with E-state index < -0.39 is 0 Å². The van der Waals surface area contributed by atoms with Crippen LogP contribution in [-0.2, 0) is 0 Å². The smallest absolute Gasteiger partial charge is 0.122 e. The van der Waals surface area contributed by atoms with Crippen molar-refractivity contribution in [1.82, 2.24) is 0 Å². The summed E-state index contributed by atoms with van der Waals surface area (Å²) in [5, 5.41) is 0. The molecule has 0 saturated carbocycles. The zero-order chi connectivity index (χ0) is 11.3. The van der Waals surface area contributed by atoms with Gasteiger partial charge in [-0.15, -0.1) is 0 Å². The highest BCUT2D eigenvalue weighted by atomic mass is 19.1. The van der Waals surface area contributed by atoms with Crippen molar-refractivity contribution in [3.8, 4) is 0 Å². The molecule has 0 aromatic rings. The van der Waals surface area contributed by atoms with E-state index in [1.165, 1.54) is 19.1 Å². The molecule has 1 rings (SSSR count). The van der Waals surface area contributed by atoms with Crippen molar-refractivity contribution in [3.05, 3.63) is 35.0 Å². The van der Waals surface area contributed by atoms with Gasteiger partial charge < -0.3 is 0 Å². The first-order chi connectivity index (χ1) is 7.15. The zero-order valence-corrected chi connectivity index (χ0v) is 9.45. The molecule has 0 heterocycles. The van der Waals surface area contributed by atoms with Crippen LogP contribution in [0.25, 0.3) is 0 Å². The van der Waals surface area contributed by atoms with Crippen LogP contribution in [-0.4, -0.2) is 0 Å². The summed E-state index contributed by atoms with van der Waals surface area (Å²) in [6.45, 7) is 3.08. The fraction of sp³-hybridized carbons (Fsp3) is 0.538. The van der Waals surface area contributed by atoms with Crippen LogP contribution in [0, 0.1) is 0 Å². The summed E-state index contributed by atoms with van der Waals surface area (Å²) < 4.78 is 26.4. The van der Waals surface area contributed by atoms with Gasteiger partial charge in [0, 0.05) is 0 Å². The zero-order valence-electron chi connectivity index (χ0n) is 9.45. The summed E-state index contributed by atoms with van der Waals surface area (Å²) in [5.41, 5.74) is 1.54. The molecule has 0 bridgehead atoms. The van der Waals surface area contributed by atoms with Gasteiger partial charge >= 0.3 is 0 Å². The van der Waals surface area contributed by atoms with E-state index in [-0.39, 0.29) is 11.7 Å². The Balaban J connectivity index is 3.06. The quantitative estimate of drug-likeness (QED) is 0.604. The molecule has 0 unspecified atom stereocenters. The Labute approximate surface area is 90.4 Å². The maximum atomic E-state index is 13.6. The van der Waals surface area contributed by atoms with E-state index in [1.54, 1.807) is 6.92 Å². The summed E-state index contributed by atoms with van der Waals surface area (Å²) in [4.78, 5) is 0. The van der Waals surface area contributed by atoms with Crippen molar-refractivity contribution < 1.29 is 8.78 Å². The topological polar surface area (TPSA) is 0 Å². The van der Waals surface area contributed by atoms with Gasteiger partial charge in [-0.1, -0.05) is 12.5 Å². The highest BCUT2D eigenvalue weighted by Crippen LogP contribution is 2.30. The SMILES string of the molecule is C/C=C(\F)C1=C(/C=C(\C)F)CCCCC1. The highest BCUT2D eigenvalue weighted by Gasteiger charge is 2.13. The number of halogens is 2. The summed E-state index contributed by atoms with van der Waals surface area (Å²) in [5.74, 6) is -0.433. The second kappa shape index (κ2) is 5.84. The summed E-state index contributed by atoms with van der Waals surface area (Å²) in [6.07, 6.45) is 7.58. The first-order valence-corrected chi connectivity index (χ1v) is 5.53. The highest BCUT2D eigenvalue weighted by molar-refractivity contribution is 5.37. The molecule has 1 aliphatic rings. The average Bonchev–Trinajstić information content (AvgIpc) is 2.41. The lowest BCUT2D eigenvalue weighted by molar-refractivity contribution is 0.625. The van der Waals surface area contributed by atoms with Crippen molar-refractivity contribution in [2.75, 3.05) is 0 Å². The van der Waals surface area contributed by atoms with Gasteiger partial charge in [-0.2, -0.15) is 0 Å². The Morgan fingerprint density at radius 2 is 1.80 bits per heavy atom. The van der Waals surface area contributed by atoms with Crippen molar-refractivity contribution in [2.45, 2.75) is 46.0 Å². The molecule has 0 saturated heterocycles.